The van der Waals surface area contributed by atoms with Gasteiger partial charge in [-0.3, -0.25) is 9.79 Å². The number of rotatable bonds is 5. The van der Waals surface area contributed by atoms with Gasteiger partial charge in [0.2, 0.25) is 0 Å². The van der Waals surface area contributed by atoms with E-state index in [9.17, 15) is 4.79 Å². The SMILES string of the molecule is CN=C(NCCOc1ccc(Br)cc1)N1CC(C)C(C(=O)OC)C1.I. The molecule has 140 valence electrons. The molecule has 0 saturated carbocycles. The Bertz CT molecular complexity index is 583. The second kappa shape index (κ2) is 10.8. The first-order valence-corrected chi connectivity index (χ1v) is 8.76. The second-order valence-corrected chi connectivity index (χ2v) is 6.70. The van der Waals surface area contributed by atoms with Gasteiger partial charge in [-0.25, -0.2) is 0 Å². The summed E-state index contributed by atoms with van der Waals surface area (Å²) >= 11 is 3.40. The molecule has 0 radical (unpaired) electrons. The number of halogens is 2. The lowest BCUT2D eigenvalue weighted by molar-refractivity contribution is -0.145. The number of guanidine groups is 1. The molecule has 2 unspecified atom stereocenters. The standard InChI is InChI=1S/C17H24BrN3O3.HI/c1-12-10-21(11-15(12)16(22)23-3)17(19-2)20-8-9-24-14-6-4-13(18)5-7-14;/h4-7,12,15H,8-11H2,1-3H3,(H,19,20);1H. The van der Waals surface area contributed by atoms with Crippen LogP contribution in [0.3, 0.4) is 0 Å². The van der Waals surface area contributed by atoms with E-state index < -0.39 is 0 Å². The Morgan fingerprint density at radius 3 is 2.64 bits per heavy atom. The molecule has 1 aliphatic heterocycles. The van der Waals surface area contributed by atoms with E-state index in [1.807, 2.05) is 24.3 Å². The van der Waals surface area contributed by atoms with E-state index >= 15 is 0 Å². The van der Waals surface area contributed by atoms with Gasteiger partial charge in [0.05, 0.1) is 19.6 Å². The Balaban J connectivity index is 0.00000312. The van der Waals surface area contributed by atoms with E-state index in [4.69, 9.17) is 9.47 Å². The number of esters is 1. The number of hydrogen-bond acceptors (Lipinski definition) is 4. The van der Waals surface area contributed by atoms with Crippen LogP contribution in [0.1, 0.15) is 6.92 Å². The summed E-state index contributed by atoms with van der Waals surface area (Å²) in [6.45, 7) is 4.64. The molecule has 1 aromatic rings. The monoisotopic (exact) mass is 525 g/mol. The first-order chi connectivity index (χ1) is 11.5. The fourth-order valence-corrected chi connectivity index (χ4v) is 3.06. The third-order valence-corrected chi connectivity index (χ3v) is 4.62. The van der Waals surface area contributed by atoms with Crippen molar-refractivity contribution in [1.29, 1.82) is 0 Å². The van der Waals surface area contributed by atoms with Crippen LogP contribution in [0.15, 0.2) is 33.7 Å². The van der Waals surface area contributed by atoms with Crippen LogP contribution in [0.2, 0.25) is 0 Å². The number of nitrogens with zero attached hydrogens (tertiary/aromatic N) is 2. The quantitative estimate of drug-likeness (QED) is 0.210. The minimum Gasteiger partial charge on any atom is -0.492 e. The summed E-state index contributed by atoms with van der Waals surface area (Å²) in [7, 11) is 3.18. The zero-order valence-corrected chi connectivity index (χ0v) is 18.6. The molecule has 0 spiro atoms. The highest BCUT2D eigenvalue weighted by molar-refractivity contribution is 14.0. The number of carbonyl (C=O) groups is 1. The highest BCUT2D eigenvalue weighted by Crippen LogP contribution is 2.24. The van der Waals surface area contributed by atoms with Gasteiger partial charge in [0.15, 0.2) is 5.96 Å². The van der Waals surface area contributed by atoms with Gasteiger partial charge in [-0.1, -0.05) is 22.9 Å². The first-order valence-electron chi connectivity index (χ1n) is 7.97. The third-order valence-electron chi connectivity index (χ3n) is 4.10. The summed E-state index contributed by atoms with van der Waals surface area (Å²) < 4.78 is 11.6. The fourth-order valence-electron chi connectivity index (χ4n) is 2.79. The Morgan fingerprint density at radius 2 is 2.04 bits per heavy atom. The predicted octanol–water partition coefficient (Wildman–Crippen LogP) is 2.76. The van der Waals surface area contributed by atoms with E-state index in [-0.39, 0.29) is 41.8 Å². The van der Waals surface area contributed by atoms with Crippen LogP contribution in [-0.2, 0) is 9.53 Å². The van der Waals surface area contributed by atoms with Crippen LogP contribution in [0.4, 0.5) is 0 Å². The smallest absolute Gasteiger partial charge is 0.310 e. The van der Waals surface area contributed by atoms with Crippen molar-refractivity contribution in [2.24, 2.45) is 16.8 Å². The highest BCUT2D eigenvalue weighted by Gasteiger charge is 2.36. The Hall–Kier alpha value is -1.03. The maximum Gasteiger partial charge on any atom is 0.310 e. The summed E-state index contributed by atoms with van der Waals surface area (Å²) in [5.74, 6) is 1.60. The van der Waals surface area contributed by atoms with Crippen molar-refractivity contribution in [3.8, 4) is 5.75 Å². The number of carbonyl (C=O) groups excluding carboxylic acids is 1. The lowest BCUT2D eigenvalue weighted by Gasteiger charge is -2.21. The average molecular weight is 526 g/mol. The highest BCUT2D eigenvalue weighted by atomic mass is 127. The van der Waals surface area contributed by atoms with Crippen LogP contribution in [0.5, 0.6) is 5.75 Å². The molecule has 1 saturated heterocycles. The van der Waals surface area contributed by atoms with Gasteiger partial charge < -0.3 is 19.7 Å². The van der Waals surface area contributed by atoms with E-state index in [1.54, 1.807) is 7.05 Å². The summed E-state index contributed by atoms with van der Waals surface area (Å²) in [5.41, 5.74) is 0. The van der Waals surface area contributed by atoms with Gasteiger partial charge in [0, 0.05) is 24.6 Å². The average Bonchev–Trinajstić information content (AvgIpc) is 2.97. The number of aliphatic imine (C=N–C) groups is 1. The second-order valence-electron chi connectivity index (χ2n) is 5.79. The van der Waals surface area contributed by atoms with Crippen LogP contribution in [0, 0.1) is 11.8 Å². The van der Waals surface area contributed by atoms with Crippen molar-refractivity contribution in [3.05, 3.63) is 28.7 Å². The topological polar surface area (TPSA) is 63.2 Å². The van der Waals surface area contributed by atoms with Crippen molar-refractivity contribution in [3.63, 3.8) is 0 Å². The third kappa shape index (κ3) is 6.32. The van der Waals surface area contributed by atoms with Crippen molar-refractivity contribution in [2.45, 2.75) is 6.92 Å². The zero-order valence-electron chi connectivity index (χ0n) is 14.7. The summed E-state index contributed by atoms with van der Waals surface area (Å²) in [6.07, 6.45) is 0. The molecule has 1 aromatic carbocycles. The number of ether oxygens (including phenoxy) is 2. The normalized spacial score (nSPS) is 20.0. The van der Waals surface area contributed by atoms with Crippen LogP contribution in [-0.4, -0.2) is 57.2 Å². The molecule has 1 aliphatic rings. The molecular weight excluding hydrogens is 501 g/mol. The summed E-state index contributed by atoms with van der Waals surface area (Å²) in [6, 6.07) is 7.73. The van der Waals surface area contributed by atoms with Crippen LogP contribution < -0.4 is 10.1 Å². The molecule has 1 fully saturated rings. The van der Waals surface area contributed by atoms with Crippen LogP contribution in [0.25, 0.3) is 0 Å². The van der Waals surface area contributed by atoms with Gasteiger partial charge >= 0.3 is 5.97 Å². The van der Waals surface area contributed by atoms with Gasteiger partial charge in [0.1, 0.15) is 12.4 Å². The number of benzene rings is 1. The number of hydrogen-bond donors (Lipinski definition) is 1. The Kier molecular flexibility index (Phi) is 9.55. The molecule has 0 amide bonds. The Labute approximate surface area is 174 Å². The van der Waals surface area contributed by atoms with Gasteiger partial charge in [-0.15, -0.1) is 24.0 Å². The lowest BCUT2D eigenvalue weighted by Crippen LogP contribution is -2.42. The predicted molar refractivity (Wildman–Crippen MR) is 113 cm³/mol. The van der Waals surface area contributed by atoms with E-state index in [1.165, 1.54) is 7.11 Å². The molecule has 0 aliphatic carbocycles. The van der Waals surface area contributed by atoms with E-state index in [0.717, 1.165) is 22.7 Å². The molecule has 2 rings (SSSR count). The summed E-state index contributed by atoms with van der Waals surface area (Å²) in [5, 5.41) is 3.28. The van der Waals surface area contributed by atoms with Crippen molar-refractivity contribution >= 4 is 51.8 Å². The largest absolute Gasteiger partial charge is 0.492 e. The molecule has 0 aromatic heterocycles. The molecule has 8 heteroatoms. The van der Waals surface area contributed by atoms with Gasteiger partial charge in [0.25, 0.3) is 0 Å². The van der Waals surface area contributed by atoms with Crippen molar-refractivity contribution < 1.29 is 14.3 Å². The molecule has 25 heavy (non-hydrogen) atoms. The number of nitrogens with one attached hydrogen (secondary N) is 1. The maximum absolute atomic E-state index is 11.8. The van der Waals surface area contributed by atoms with E-state index in [2.05, 4.69) is 38.1 Å². The molecule has 0 bridgehead atoms. The molecule has 1 N–H and O–H groups in total. The number of methoxy groups -OCH3 is 1. The molecule has 2 atom stereocenters. The summed E-state index contributed by atoms with van der Waals surface area (Å²) in [4.78, 5) is 18.2. The molecule has 1 heterocycles. The maximum atomic E-state index is 11.8. The van der Waals surface area contributed by atoms with Crippen molar-refractivity contribution in [2.75, 3.05) is 40.4 Å². The first kappa shape index (κ1) is 22.0. The zero-order chi connectivity index (χ0) is 17.5. The number of likely N-dealkylation sites (tertiary alicyclic amines) is 1. The fraction of sp³-hybridized carbons (Fsp3) is 0.529. The van der Waals surface area contributed by atoms with Gasteiger partial charge in [-0.2, -0.15) is 0 Å². The lowest BCUT2D eigenvalue weighted by atomic mass is 9.99. The van der Waals surface area contributed by atoms with Crippen LogP contribution >= 0.6 is 39.9 Å². The minimum atomic E-state index is -0.154. The minimum absolute atomic E-state index is 0. The van der Waals surface area contributed by atoms with Gasteiger partial charge in [-0.05, 0) is 30.2 Å². The van der Waals surface area contributed by atoms with Crippen molar-refractivity contribution in [1.82, 2.24) is 10.2 Å². The molecular formula is C17H25BrIN3O3. The van der Waals surface area contributed by atoms with E-state index in [0.29, 0.717) is 19.7 Å². The Morgan fingerprint density at radius 1 is 1.36 bits per heavy atom. The molecule has 6 nitrogen and oxygen atoms in total.